The van der Waals surface area contributed by atoms with Crippen molar-refractivity contribution >= 4 is 16.8 Å². The van der Waals surface area contributed by atoms with Crippen LogP contribution in [0.3, 0.4) is 0 Å². The number of nitrogens with zero attached hydrogens (tertiary/aromatic N) is 4. The number of hydrogen-bond acceptors (Lipinski definition) is 6. The molecule has 2 aromatic heterocycles. The third-order valence-electron chi connectivity index (χ3n) is 6.77. The van der Waals surface area contributed by atoms with Crippen LogP contribution in [0.1, 0.15) is 32.2 Å². The normalized spacial score (nSPS) is 15.3. The van der Waals surface area contributed by atoms with Crippen LogP contribution in [0.4, 0.5) is 4.39 Å². The summed E-state index contributed by atoms with van der Waals surface area (Å²) in [6.07, 6.45) is 7.47. The molecule has 0 spiro atoms. The number of fused-ring (bicyclic) bond motifs is 1. The van der Waals surface area contributed by atoms with Gasteiger partial charge in [0, 0.05) is 24.8 Å². The summed E-state index contributed by atoms with van der Waals surface area (Å²) in [5.41, 5.74) is 2.44. The molecule has 1 aliphatic heterocycles. The first-order chi connectivity index (χ1) is 19.0. The average molecular weight is 531 g/mol. The Morgan fingerprint density at radius 1 is 1.15 bits per heavy atom. The molecule has 4 aromatic rings. The number of piperidine rings is 1. The van der Waals surface area contributed by atoms with E-state index in [0.29, 0.717) is 31.2 Å². The van der Waals surface area contributed by atoms with E-state index in [0.717, 1.165) is 41.4 Å². The van der Waals surface area contributed by atoms with Crippen molar-refractivity contribution < 1.29 is 23.4 Å². The molecule has 3 heterocycles. The first kappa shape index (κ1) is 26.2. The van der Waals surface area contributed by atoms with Gasteiger partial charge in [0.05, 0.1) is 31.3 Å². The summed E-state index contributed by atoms with van der Waals surface area (Å²) in [4.78, 5) is 18.6. The van der Waals surface area contributed by atoms with Crippen LogP contribution in [0, 0.1) is 5.82 Å². The first-order valence-corrected chi connectivity index (χ1v) is 13.0. The maximum atomic E-state index is 14.6. The highest BCUT2D eigenvalue weighted by Gasteiger charge is 2.28. The van der Waals surface area contributed by atoms with E-state index in [1.807, 2.05) is 21.7 Å². The lowest BCUT2D eigenvalue weighted by Gasteiger charge is -2.32. The molecule has 5 rings (SSSR count). The standard InChI is InChI=1S/C30H31FN4O4/c1-4-16-38-26-18-32-17-23-29(33-35(30(23)26)21-8-7-15-34(19-21)27(36)5-2)20-11-13-22(14-12-20)39-25-10-6-9-24(37-3)28(25)31/h5-6,9-14,17-18,21H,2,4,7-8,15-16,19H2,1,3H3/t21-/m1/s1. The topological polar surface area (TPSA) is 78.7 Å². The van der Waals surface area contributed by atoms with Crippen LogP contribution in [-0.4, -0.2) is 52.4 Å². The van der Waals surface area contributed by atoms with E-state index in [1.165, 1.54) is 19.3 Å². The Morgan fingerprint density at radius 3 is 2.69 bits per heavy atom. The van der Waals surface area contributed by atoms with Crippen LogP contribution in [0.2, 0.25) is 0 Å². The molecule has 1 aliphatic rings. The van der Waals surface area contributed by atoms with Gasteiger partial charge in [-0.2, -0.15) is 9.49 Å². The Morgan fingerprint density at radius 2 is 1.95 bits per heavy atom. The van der Waals surface area contributed by atoms with Crippen molar-refractivity contribution in [1.82, 2.24) is 19.7 Å². The number of hydrogen-bond donors (Lipinski definition) is 0. The minimum absolute atomic E-state index is 0.0241. The highest BCUT2D eigenvalue weighted by Crippen LogP contribution is 2.38. The summed E-state index contributed by atoms with van der Waals surface area (Å²) in [6, 6.07) is 12.0. The van der Waals surface area contributed by atoms with Crippen molar-refractivity contribution in [2.45, 2.75) is 32.2 Å². The number of likely N-dealkylation sites (tertiary alicyclic amines) is 1. The van der Waals surface area contributed by atoms with Gasteiger partial charge < -0.3 is 19.1 Å². The summed E-state index contributed by atoms with van der Waals surface area (Å²) < 4.78 is 33.5. The number of benzene rings is 2. The van der Waals surface area contributed by atoms with E-state index in [4.69, 9.17) is 19.3 Å². The lowest BCUT2D eigenvalue weighted by Crippen LogP contribution is -2.40. The second kappa shape index (κ2) is 11.6. The fraction of sp³-hybridized carbons (Fsp3) is 0.300. The Balaban J connectivity index is 1.51. The van der Waals surface area contributed by atoms with Gasteiger partial charge in [-0.15, -0.1) is 0 Å². The predicted molar refractivity (Wildman–Crippen MR) is 147 cm³/mol. The van der Waals surface area contributed by atoms with E-state index in [9.17, 15) is 9.18 Å². The zero-order chi connectivity index (χ0) is 27.4. The molecule has 2 aromatic carbocycles. The third-order valence-corrected chi connectivity index (χ3v) is 6.77. The number of carbonyl (C=O) groups is 1. The number of carbonyl (C=O) groups excluding carboxylic acids is 1. The number of amides is 1. The Kier molecular flexibility index (Phi) is 7.76. The maximum Gasteiger partial charge on any atom is 0.246 e. The molecule has 1 saturated heterocycles. The molecule has 9 heteroatoms. The van der Waals surface area contributed by atoms with Crippen LogP contribution in [0.5, 0.6) is 23.0 Å². The van der Waals surface area contributed by atoms with Crippen LogP contribution in [-0.2, 0) is 4.79 Å². The molecule has 0 saturated carbocycles. The van der Waals surface area contributed by atoms with Crippen LogP contribution in [0.25, 0.3) is 22.2 Å². The number of pyridine rings is 1. The highest BCUT2D eigenvalue weighted by molar-refractivity contribution is 5.96. The SMILES string of the molecule is C=CC(=O)N1CCC[C@@H](n2nc(-c3ccc(Oc4cccc(OC)c4F)cc3)c3cncc(OCCC)c32)C1. The first-order valence-electron chi connectivity index (χ1n) is 13.0. The van der Waals surface area contributed by atoms with Crippen LogP contribution in [0.15, 0.2) is 67.5 Å². The molecule has 8 nitrogen and oxygen atoms in total. The molecule has 0 bridgehead atoms. The molecule has 0 aliphatic carbocycles. The summed E-state index contributed by atoms with van der Waals surface area (Å²) in [7, 11) is 1.41. The van der Waals surface area contributed by atoms with Crippen LogP contribution < -0.4 is 14.2 Å². The minimum Gasteiger partial charge on any atom is -0.494 e. The maximum absolute atomic E-state index is 14.6. The third kappa shape index (κ3) is 5.30. The zero-order valence-electron chi connectivity index (χ0n) is 22.1. The largest absolute Gasteiger partial charge is 0.494 e. The van der Waals surface area contributed by atoms with Gasteiger partial charge in [-0.05, 0) is 61.7 Å². The Labute approximate surface area is 226 Å². The van der Waals surface area contributed by atoms with Crippen LogP contribution >= 0.6 is 0 Å². The van der Waals surface area contributed by atoms with Crippen molar-refractivity contribution in [3.05, 3.63) is 73.3 Å². The van der Waals surface area contributed by atoms with Gasteiger partial charge >= 0.3 is 0 Å². The number of ether oxygens (including phenoxy) is 3. The van der Waals surface area contributed by atoms with Crippen molar-refractivity contribution in [3.63, 3.8) is 0 Å². The molecule has 1 fully saturated rings. The van der Waals surface area contributed by atoms with Gasteiger partial charge in [-0.25, -0.2) is 0 Å². The molecule has 0 unspecified atom stereocenters. The lowest BCUT2D eigenvalue weighted by molar-refractivity contribution is -0.127. The molecular formula is C30H31FN4O4. The second-order valence-corrected chi connectivity index (χ2v) is 9.36. The summed E-state index contributed by atoms with van der Waals surface area (Å²) in [5.74, 6) is 0.694. The van der Waals surface area contributed by atoms with Gasteiger partial charge in [-0.3, -0.25) is 14.5 Å². The molecule has 1 amide bonds. The number of aromatic nitrogens is 3. The monoisotopic (exact) mass is 530 g/mol. The van der Waals surface area contributed by atoms with Crippen molar-refractivity contribution in [1.29, 1.82) is 0 Å². The number of rotatable bonds is 9. The fourth-order valence-electron chi connectivity index (χ4n) is 4.87. The second-order valence-electron chi connectivity index (χ2n) is 9.36. The summed E-state index contributed by atoms with van der Waals surface area (Å²) in [5, 5.41) is 5.89. The van der Waals surface area contributed by atoms with Gasteiger partial charge in [-0.1, -0.05) is 19.6 Å². The smallest absolute Gasteiger partial charge is 0.246 e. The van der Waals surface area contributed by atoms with E-state index >= 15 is 0 Å². The summed E-state index contributed by atoms with van der Waals surface area (Å²) in [6.45, 7) is 7.49. The average Bonchev–Trinajstić information content (AvgIpc) is 3.37. The minimum atomic E-state index is -0.559. The van der Waals surface area contributed by atoms with E-state index in [-0.39, 0.29) is 23.4 Å². The zero-order valence-corrected chi connectivity index (χ0v) is 22.1. The van der Waals surface area contributed by atoms with Crippen molar-refractivity contribution in [2.75, 3.05) is 26.8 Å². The Hall–Kier alpha value is -4.40. The molecule has 0 radical (unpaired) electrons. The fourth-order valence-corrected chi connectivity index (χ4v) is 4.87. The summed E-state index contributed by atoms with van der Waals surface area (Å²) >= 11 is 0. The van der Waals surface area contributed by atoms with E-state index < -0.39 is 5.82 Å². The lowest BCUT2D eigenvalue weighted by atomic mass is 10.1. The van der Waals surface area contributed by atoms with Gasteiger partial charge in [0.25, 0.3) is 0 Å². The van der Waals surface area contributed by atoms with Gasteiger partial charge in [0.2, 0.25) is 11.7 Å². The van der Waals surface area contributed by atoms with Gasteiger partial charge in [0.1, 0.15) is 17.0 Å². The van der Waals surface area contributed by atoms with Crippen molar-refractivity contribution in [3.8, 4) is 34.3 Å². The number of methoxy groups -OCH3 is 1. The van der Waals surface area contributed by atoms with Crippen molar-refractivity contribution in [2.24, 2.45) is 0 Å². The Bertz CT molecular complexity index is 1480. The predicted octanol–water partition coefficient (Wildman–Crippen LogP) is 6.18. The van der Waals surface area contributed by atoms with E-state index in [2.05, 4.69) is 18.5 Å². The molecule has 39 heavy (non-hydrogen) atoms. The number of halogens is 1. The quantitative estimate of drug-likeness (QED) is 0.241. The van der Waals surface area contributed by atoms with Gasteiger partial charge in [0.15, 0.2) is 17.2 Å². The highest BCUT2D eigenvalue weighted by atomic mass is 19.1. The molecule has 0 N–H and O–H groups in total. The van der Waals surface area contributed by atoms with E-state index in [1.54, 1.807) is 36.7 Å². The molecule has 1 atom stereocenters. The molecular weight excluding hydrogens is 499 g/mol. The molecule has 202 valence electrons.